The van der Waals surface area contributed by atoms with E-state index < -0.39 is 12.0 Å². The van der Waals surface area contributed by atoms with Crippen molar-refractivity contribution in [2.24, 2.45) is 5.73 Å². The van der Waals surface area contributed by atoms with Crippen molar-refractivity contribution in [1.29, 1.82) is 0 Å². The SMILES string of the molecule is NC(CC(=O)O)c1csc(-c2ccccc2F)n1. The van der Waals surface area contributed by atoms with Gasteiger partial charge in [0.1, 0.15) is 10.8 Å². The van der Waals surface area contributed by atoms with Crippen LogP contribution in [0.2, 0.25) is 0 Å². The molecule has 0 radical (unpaired) electrons. The summed E-state index contributed by atoms with van der Waals surface area (Å²) in [7, 11) is 0. The number of benzene rings is 1. The maximum atomic E-state index is 13.5. The summed E-state index contributed by atoms with van der Waals surface area (Å²) in [6, 6.07) is 5.63. The fourth-order valence-electron chi connectivity index (χ4n) is 1.51. The summed E-state index contributed by atoms with van der Waals surface area (Å²) in [6.07, 6.45) is -0.194. The molecule has 94 valence electrons. The maximum Gasteiger partial charge on any atom is 0.305 e. The number of aliphatic carboxylic acids is 1. The molecule has 2 rings (SSSR count). The standard InChI is InChI=1S/C12H11FN2O2S/c13-8-4-2-1-3-7(8)12-15-10(6-18-12)9(14)5-11(16)17/h1-4,6,9H,5,14H2,(H,16,17). The molecule has 6 heteroatoms. The molecule has 0 saturated carbocycles. The van der Waals surface area contributed by atoms with Crippen molar-refractivity contribution in [3.8, 4) is 10.6 Å². The first-order valence-electron chi connectivity index (χ1n) is 5.25. The van der Waals surface area contributed by atoms with Gasteiger partial charge in [-0.15, -0.1) is 11.3 Å². The van der Waals surface area contributed by atoms with Gasteiger partial charge in [0.05, 0.1) is 18.2 Å². The molecule has 0 bridgehead atoms. The molecule has 1 heterocycles. The molecule has 0 aliphatic heterocycles. The van der Waals surface area contributed by atoms with Crippen LogP contribution in [0.25, 0.3) is 10.6 Å². The number of hydrogen-bond donors (Lipinski definition) is 2. The average molecular weight is 266 g/mol. The Morgan fingerprint density at radius 2 is 2.22 bits per heavy atom. The number of nitrogens with two attached hydrogens (primary N) is 1. The van der Waals surface area contributed by atoms with Crippen molar-refractivity contribution < 1.29 is 14.3 Å². The van der Waals surface area contributed by atoms with E-state index in [0.717, 1.165) is 0 Å². The van der Waals surface area contributed by atoms with E-state index in [1.54, 1.807) is 23.6 Å². The van der Waals surface area contributed by atoms with E-state index in [4.69, 9.17) is 10.8 Å². The minimum atomic E-state index is -0.983. The highest BCUT2D eigenvalue weighted by Gasteiger charge is 2.15. The number of halogens is 1. The summed E-state index contributed by atoms with van der Waals surface area (Å²) in [5.74, 6) is -1.34. The molecule has 0 spiro atoms. The van der Waals surface area contributed by atoms with E-state index in [1.807, 2.05) is 0 Å². The Morgan fingerprint density at radius 3 is 2.89 bits per heavy atom. The third kappa shape index (κ3) is 2.72. The molecular formula is C12H11FN2O2S. The number of rotatable bonds is 4. The first-order valence-corrected chi connectivity index (χ1v) is 6.13. The molecule has 1 atom stereocenters. The summed E-state index contributed by atoms with van der Waals surface area (Å²) in [5, 5.41) is 10.8. The third-order valence-electron chi connectivity index (χ3n) is 2.40. The van der Waals surface area contributed by atoms with Crippen molar-refractivity contribution >= 4 is 17.3 Å². The lowest BCUT2D eigenvalue weighted by molar-refractivity contribution is -0.137. The molecule has 2 aromatic rings. The second-order valence-electron chi connectivity index (χ2n) is 3.76. The fourth-order valence-corrected chi connectivity index (χ4v) is 2.42. The van der Waals surface area contributed by atoms with E-state index in [-0.39, 0.29) is 12.2 Å². The number of thiazole rings is 1. The van der Waals surface area contributed by atoms with Gasteiger partial charge in [-0.05, 0) is 12.1 Å². The van der Waals surface area contributed by atoms with Crippen LogP contribution in [0, 0.1) is 5.82 Å². The summed E-state index contributed by atoms with van der Waals surface area (Å²) >= 11 is 1.25. The van der Waals surface area contributed by atoms with E-state index in [2.05, 4.69) is 4.98 Å². The summed E-state index contributed by atoms with van der Waals surface area (Å²) in [6.45, 7) is 0. The van der Waals surface area contributed by atoms with Crippen LogP contribution < -0.4 is 5.73 Å². The van der Waals surface area contributed by atoms with E-state index in [1.165, 1.54) is 17.4 Å². The lowest BCUT2D eigenvalue weighted by Crippen LogP contribution is -2.15. The lowest BCUT2D eigenvalue weighted by atomic mass is 10.1. The van der Waals surface area contributed by atoms with Gasteiger partial charge in [-0.25, -0.2) is 9.37 Å². The van der Waals surface area contributed by atoms with Gasteiger partial charge < -0.3 is 10.8 Å². The van der Waals surface area contributed by atoms with Gasteiger partial charge in [0.2, 0.25) is 0 Å². The van der Waals surface area contributed by atoms with Gasteiger partial charge in [-0.1, -0.05) is 12.1 Å². The second-order valence-corrected chi connectivity index (χ2v) is 4.62. The number of aromatic nitrogens is 1. The molecule has 0 saturated heterocycles. The average Bonchev–Trinajstić information content (AvgIpc) is 2.78. The molecule has 1 aromatic carbocycles. The molecule has 1 aromatic heterocycles. The number of hydrogen-bond acceptors (Lipinski definition) is 4. The predicted octanol–water partition coefficient (Wildman–Crippen LogP) is 2.42. The van der Waals surface area contributed by atoms with E-state index >= 15 is 0 Å². The molecule has 3 N–H and O–H groups in total. The minimum Gasteiger partial charge on any atom is -0.481 e. The topological polar surface area (TPSA) is 76.2 Å². The van der Waals surface area contributed by atoms with Crippen molar-refractivity contribution in [2.75, 3.05) is 0 Å². The van der Waals surface area contributed by atoms with Gasteiger partial charge in [0, 0.05) is 10.9 Å². The lowest BCUT2D eigenvalue weighted by Gasteiger charge is -2.04. The van der Waals surface area contributed by atoms with Crippen molar-refractivity contribution in [2.45, 2.75) is 12.5 Å². The van der Waals surface area contributed by atoms with Gasteiger partial charge in [-0.3, -0.25) is 4.79 Å². The smallest absolute Gasteiger partial charge is 0.305 e. The quantitative estimate of drug-likeness (QED) is 0.891. The monoisotopic (exact) mass is 266 g/mol. The zero-order chi connectivity index (χ0) is 13.1. The van der Waals surface area contributed by atoms with Crippen molar-refractivity contribution in [3.63, 3.8) is 0 Å². The van der Waals surface area contributed by atoms with Crippen molar-refractivity contribution in [3.05, 3.63) is 41.2 Å². The first kappa shape index (κ1) is 12.7. The molecule has 18 heavy (non-hydrogen) atoms. The Balaban J connectivity index is 2.26. The Kier molecular flexibility index (Phi) is 3.69. The van der Waals surface area contributed by atoms with Gasteiger partial charge >= 0.3 is 5.97 Å². The minimum absolute atomic E-state index is 0.194. The number of nitrogens with zero attached hydrogens (tertiary/aromatic N) is 1. The van der Waals surface area contributed by atoms with E-state index in [9.17, 15) is 9.18 Å². The molecule has 0 amide bonds. The summed E-state index contributed by atoms with van der Waals surface area (Å²) in [4.78, 5) is 14.7. The van der Waals surface area contributed by atoms with Crippen LogP contribution >= 0.6 is 11.3 Å². The third-order valence-corrected chi connectivity index (χ3v) is 3.29. The Morgan fingerprint density at radius 1 is 1.50 bits per heavy atom. The normalized spacial score (nSPS) is 12.3. The molecule has 4 nitrogen and oxygen atoms in total. The van der Waals surface area contributed by atoms with E-state index in [0.29, 0.717) is 16.3 Å². The zero-order valence-corrected chi connectivity index (χ0v) is 10.2. The molecule has 0 fully saturated rings. The zero-order valence-electron chi connectivity index (χ0n) is 9.34. The van der Waals surface area contributed by atoms with Crippen LogP contribution in [-0.4, -0.2) is 16.1 Å². The van der Waals surface area contributed by atoms with Crippen LogP contribution in [0.5, 0.6) is 0 Å². The Labute approximate surface area is 107 Å². The number of carboxylic acids is 1. The van der Waals surface area contributed by atoms with Gasteiger partial charge in [-0.2, -0.15) is 0 Å². The van der Waals surface area contributed by atoms with Crippen LogP contribution in [0.4, 0.5) is 4.39 Å². The number of carboxylic acid groups (broad SMARTS) is 1. The summed E-state index contributed by atoms with van der Waals surface area (Å²) < 4.78 is 13.5. The molecule has 1 unspecified atom stereocenters. The van der Waals surface area contributed by atoms with Gasteiger partial charge in [0.25, 0.3) is 0 Å². The second kappa shape index (κ2) is 5.24. The van der Waals surface area contributed by atoms with Crippen LogP contribution in [-0.2, 0) is 4.79 Å². The maximum absolute atomic E-state index is 13.5. The van der Waals surface area contributed by atoms with Crippen LogP contribution in [0.1, 0.15) is 18.2 Å². The van der Waals surface area contributed by atoms with Crippen LogP contribution in [0.15, 0.2) is 29.6 Å². The Hall–Kier alpha value is -1.79. The fraction of sp³-hybridized carbons (Fsp3) is 0.167. The largest absolute Gasteiger partial charge is 0.481 e. The van der Waals surface area contributed by atoms with Gasteiger partial charge in [0.15, 0.2) is 0 Å². The molecule has 0 aliphatic rings. The first-order chi connectivity index (χ1) is 8.58. The van der Waals surface area contributed by atoms with Crippen LogP contribution in [0.3, 0.4) is 0 Å². The highest BCUT2D eigenvalue weighted by Crippen LogP contribution is 2.28. The molecule has 0 aliphatic carbocycles. The molecular weight excluding hydrogens is 255 g/mol. The highest BCUT2D eigenvalue weighted by molar-refractivity contribution is 7.13. The number of carbonyl (C=O) groups is 1. The van der Waals surface area contributed by atoms with Crippen molar-refractivity contribution in [1.82, 2.24) is 4.98 Å². The summed E-state index contributed by atoms with van der Waals surface area (Å²) in [5.41, 5.74) is 6.57. The highest BCUT2D eigenvalue weighted by atomic mass is 32.1. The predicted molar refractivity (Wildman–Crippen MR) is 66.7 cm³/mol. The Bertz CT molecular complexity index is 571.